The van der Waals surface area contributed by atoms with Crippen molar-refractivity contribution < 1.29 is 0 Å². The first kappa shape index (κ1) is 16.0. The van der Waals surface area contributed by atoms with Crippen LogP contribution in [0.3, 0.4) is 0 Å². The number of nitrogens with one attached hydrogen (secondary N) is 1. The summed E-state index contributed by atoms with van der Waals surface area (Å²) in [5.74, 6) is 2.84. The molecule has 1 aliphatic rings. The maximum absolute atomic E-state index is 3.81. The smallest absolute Gasteiger partial charge is 0.00953 e. The molecule has 3 atom stereocenters. The van der Waals surface area contributed by atoms with Crippen molar-refractivity contribution in [2.75, 3.05) is 6.54 Å². The Labute approximate surface area is 115 Å². The molecule has 0 heterocycles. The molecule has 1 heteroatoms. The van der Waals surface area contributed by atoms with Crippen molar-refractivity contribution >= 4 is 0 Å². The quantitative estimate of drug-likeness (QED) is 0.641. The van der Waals surface area contributed by atoms with Crippen molar-refractivity contribution in [1.82, 2.24) is 5.32 Å². The van der Waals surface area contributed by atoms with E-state index in [9.17, 15) is 0 Å². The number of hydrogen-bond acceptors (Lipinski definition) is 1. The van der Waals surface area contributed by atoms with Crippen LogP contribution in [-0.4, -0.2) is 12.6 Å². The van der Waals surface area contributed by atoms with Gasteiger partial charge in [0.1, 0.15) is 0 Å². The highest BCUT2D eigenvalue weighted by Gasteiger charge is 2.27. The van der Waals surface area contributed by atoms with Crippen LogP contribution in [0.4, 0.5) is 0 Å². The summed E-state index contributed by atoms with van der Waals surface area (Å²) in [6, 6.07) is 0.796. The zero-order valence-electron chi connectivity index (χ0n) is 13.2. The topological polar surface area (TPSA) is 12.0 Å². The second-order valence-corrected chi connectivity index (χ2v) is 6.77. The van der Waals surface area contributed by atoms with Crippen LogP contribution in [-0.2, 0) is 0 Å². The van der Waals surface area contributed by atoms with E-state index in [4.69, 9.17) is 0 Å². The highest BCUT2D eigenvalue weighted by molar-refractivity contribution is 4.82. The van der Waals surface area contributed by atoms with Gasteiger partial charge in [-0.05, 0) is 56.4 Å². The van der Waals surface area contributed by atoms with Crippen molar-refractivity contribution in [3.05, 3.63) is 0 Å². The molecule has 1 saturated carbocycles. The van der Waals surface area contributed by atoms with Gasteiger partial charge in [0, 0.05) is 6.04 Å². The van der Waals surface area contributed by atoms with Gasteiger partial charge in [-0.2, -0.15) is 0 Å². The lowest BCUT2D eigenvalue weighted by Gasteiger charge is -2.36. The first-order valence-corrected chi connectivity index (χ1v) is 8.40. The Balaban J connectivity index is 2.44. The van der Waals surface area contributed by atoms with Crippen LogP contribution in [0.5, 0.6) is 0 Å². The normalized spacial score (nSPS) is 26.5. The monoisotopic (exact) mass is 253 g/mol. The summed E-state index contributed by atoms with van der Waals surface area (Å²) in [6.07, 6.45) is 11.3. The average Bonchev–Trinajstić information content (AvgIpc) is 2.34. The third kappa shape index (κ3) is 5.73. The van der Waals surface area contributed by atoms with Crippen LogP contribution in [0.15, 0.2) is 0 Å². The first-order valence-electron chi connectivity index (χ1n) is 8.40. The van der Waals surface area contributed by atoms with Crippen LogP contribution in [0.2, 0.25) is 0 Å². The van der Waals surface area contributed by atoms with Crippen LogP contribution in [0.25, 0.3) is 0 Å². The summed E-state index contributed by atoms with van der Waals surface area (Å²) in [7, 11) is 0. The molecule has 0 bridgehead atoms. The zero-order valence-corrected chi connectivity index (χ0v) is 13.2. The van der Waals surface area contributed by atoms with Crippen molar-refractivity contribution in [1.29, 1.82) is 0 Å². The molecule has 1 rings (SSSR count). The Morgan fingerprint density at radius 1 is 1.11 bits per heavy atom. The van der Waals surface area contributed by atoms with Crippen LogP contribution in [0, 0.1) is 17.8 Å². The molecular formula is C17H35N. The molecule has 1 N–H and O–H groups in total. The van der Waals surface area contributed by atoms with Gasteiger partial charge < -0.3 is 5.32 Å². The van der Waals surface area contributed by atoms with Crippen molar-refractivity contribution in [2.45, 2.75) is 85.1 Å². The largest absolute Gasteiger partial charge is 0.314 e. The predicted octanol–water partition coefficient (Wildman–Crippen LogP) is 5.01. The first-order chi connectivity index (χ1) is 8.67. The molecule has 0 aliphatic heterocycles. The fourth-order valence-corrected chi connectivity index (χ4v) is 3.72. The van der Waals surface area contributed by atoms with E-state index >= 15 is 0 Å². The molecule has 0 aromatic carbocycles. The third-order valence-electron chi connectivity index (χ3n) is 4.45. The zero-order chi connectivity index (χ0) is 13.4. The Kier molecular flexibility index (Phi) is 7.97. The predicted molar refractivity (Wildman–Crippen MR) is 81.9 cm³/mol. The molecule has 108 valence electrons. The van der Waals surface area contributed by atoms with Gasteiger partial charge in [-0.15, -0.1) is 0 Å². The molecule has 0 aromatic rings. The van der Waals surface area contributed by atoms with Crippen LogP contribution < -0.4 is 5.32 Å². The maximum Gasteiger partial charge on any atom is 0.00953 e. The Bertz CT molecular complexity index is 200. The fourth-order valence-electron chi connectivity index (χ4n) is 3.72. The Hall–Kier alpha value is -0.0400. The summed E-state index contributed by atoms with van der Waals surface area (Å²) in [4.78, 5) is 0. The number of rotatable bonds is 8. The molecule has 3 unspecified atom stereocenters. The lowest BCUT2D eigenvalue weighted by atomic mass is 9.74. The van der Waals surface area contributed by atoms with E-state index in [1.54, 1.807) is 0 Å². The van der Waals surface area contributed by atoms with Crippen LogP contribution in [0.1, 0.15) is 79.1 Å². The lowest BCUT2D eigenvalue weighted by Crippen LogP contribution is -2.39. The minimum atomic E-state index is 0.796. The lowest BCUT2D eigenvalue weighted by molar-refractivity contribution is 0.187. The fraction of sp³-hybridized carbons (Fsp3) is 1.00. The standard InChI is InChI=1S/C17H35N/c1-5-8-17(18-11-6-2)16-10-7-9-15(13-16)12-14(3)4/h14-18H,5-13H2,1-4H3. The summed E-state index contributed by atoms with van der Waals surface area (Å²) in [6.45, 7) is 10.6. The summed E-state index contributed by atoms with van der Waals surface area (Å²) in [5, 5.41) is 3.81. The second kappa shape index (κ2) is 8.96. The molecule has 0 aromatic heterocycles. The van der Waals surface area contributed by atoms with Crippen molar-refractivity contribution in [3.63, 3.8) is 0 Å². The summed E-state index contributed by atoms with van der Waals surface area (Å²) >= 11 is 0. The molecule has 1 aliphatic carbocycles. The van der Waals surface area contributed by atoms with Gasteiger partial charge >= 0.3 is 0 Å². The van der Waals surface area contributed by atoms with E-state index in [1.165, 1.54) is 57.9 Å². The second-order valence-electron chi connectivity index (χ2n) is 6.77. The molecule has 0 amide bonds. The van der Waals surface area contributed by atoms with Gasteiger partial charge in [-0.1, -0.05) is 47.0 Å². The van der Waals surface area contributed by atoms with E-state index in [-0.39, 0.29) is 0 Å². The van der Waals surface area contributed by atoms with Gasteiger partial charge in [0.25, 0.3) is 0 Å². The summed E-state index contributed by atoms with van der Waals surface area (Å²) in [5.41, 5.74) is 0. The maximum atomic E-state index is 3.81. The molecule has 1 nitrogen and oxygen atoms in total. The minimum absolute atomic E-state index is 0.796. The van der Waals surface area contributed by atoms with Gasteiger partial charge in [-0.25, -0.2) is 0 Å². The van der Waals surface area contributed by atoms with Gasteiger partial charge in [0.2, 0.25) is 0 Å². The van der Waals surface area contributed by atoms with Crippen molar-refractivity contribution in [2.24, 2.45) is 17.8 Å². The van der Waals surface area contributed by atoms with Crippen LogP contribution >= 0.6 is 0 Å². The van der Waals surface area contributed by atoms with Crippen molar-refractivity contribution in [3.8, 4) is 0 Å². The molecular weight excluding hydrogens is 218 g/mol. The highest BCUT2D eigenvalue weighted by Crippen LogP contribution is 2.35. The van der Waals surface area contributed by atoms with E-state index < -0.39 is 0 Å². The molecule has 18 heavy (non-hydrogen) atoms. The molecule has 0 saturated heterocycles. The van der Waals surface area contributed by atoms with Gasteiger partial charge in [0.15, 0.2) is 0 Å². The van der Waals surface area contributed by atoms with E-state index in [1.807, 2.05) is 0 Å². The third-order valence-corrected chi connectivity index (χ3v) is 4.45. The Morgan fingerprint density at radius 2 is 1.89 bits per heavy atom. The van der Waals surface area contributed by atoms with E-state index in [2.05, 4.69) is 33.0 Å². The SMILES string of the molecule is CCCNC(CCC)C1CCCC(CC(C)C)C1. The molecule has 0 spiro atoms. The van der Waals surface area contributed by atoms with Gasteiger partial charge in [0.05, 0.1) is 0 Å². The Morgan fingerprint density at radius 3 is 2.50 bits per heavy atom. The molecule has 1 fully saturated rings. The summed E-state index contributed by atoms with van der Waals surface area (Å²) < 4.78 is 0. The van der Waals surface area contributed by atoms with E-state index in [0.29, 0.717) is 0 Å². The van der Waals surface area contributed by atoms with E-state index in [0.717, 1.165) is 23.8 Å². The average molecular weight is 253 g/mol. The van der Waals surface area contributed by atoms with Gasteiger partial charge in [-0.3, -0.25) is 0 Å². The molecule has 0 radical (unpaired) electrons. The number of hydrogen-bond donors (Lipinski definition) is 1. The highest BCUT2D eigenvalue weighted by atomic mass is 14.9. The minimum Gasteiger partial charge on any atom is -0.314 e.